The van der Waals surface area contributed by atoms with Crippen molar-refractivity contribution in [3.05, 3.63) is 60.9 Å². The predicted molar refractivity (Wildman–Crippen MR) is 96.2 cm³/mol. The first-order valence-electron chi connectivity index (χ1n) is 7.78. The average Bonchev–Trinajstić information content (AvgIpc) is 3.01. The molecule has 4 rings (SSSR count). The first kappa shape index (κ1) is 14.8. The highest BCUT2D eigenvalue weighted by molar-refractivity contribution is 5.86. The number of imidazole rings is 1. The molecule has 0 amide bonds. The number of hydrogen-bond acceptors (Lipinski definition) is 5. The Labute approximate surface area is 144 Å². The quantitative estimate of drug-likeness (QED) is 0.583. The Morgan fingerprint density at radius 2 is 1.68 bits per heavy atom. The SMILES string of the molecule is N#CCn1c(-c2nccnc2-c2ccccc2N)nc2ccccc21. The second kappa shape index (κ2) is 6.06. The Balaban J connectivity index is 2.01. The molecule has 0 atom stereocenters. The Kier molecular flexibility index (Phi) is 3.60. The van der Waals surface area contributed by atoms with Gasteiger partial charge in [0, 0.05) is 23.6 Å². The number of anilines is 1. The van der Waals surface area contributed by atoms with Crippen LogP contribution in [0.1, 0.15) is 0 Å². The average molecular weight is 326 g/mol. The molecule has 6 nitrogen and oxygen atoms in total. The van der Waals surface area contributed by atoms with Gasteiger partial charge in [-0.3, -0.25) is 4.98 Å². The lowest BCUT2D eigenvalue weighted by Crippen LogP contribution is -2.03. The van der Waals surface area contributed by atoms with Gasteiger partial charge in [0.2, 0.25) is 0 Å². The molecule has 0 bridgehead atoms. The maximum absolute atomic E-state index is 9.24. The Morgan fingerprint density at radius 1 is 0.960 bits per heavy atom. The molecule has 0 saturated heterocycles. The largest absolute Gasteiger partial charge is 0.398 e. The fraction of sp³-hybridized carbons (Fsp3) is 0.0526. The molecule has 2 aromatic carbocycles. The van der Waals surface area contributed by atoms with Crippen molar-refractivity contribution in [2.75, 3.05) is 5.73 Å². The van der Waals surface area contributed by atoms with E-state index in [1.54, 1.807) is 12.4 Å². The van der Waals surface area contributed by atoms with E-state index in [9.17, 15) is 5.26 Å². The molecule has 25 heavy (non-hydrogen) atoms. The maximum atomic E-state index is 9.24. The minimum absolute atomic E-state index is 0.177. The first-order valence-corrected chi connectivity index (χ1v) is 7.78. The van der Waals surface area contributed by atoms with E-state index >= 15 is 0 Å². The third-order valence-corrected chi connectivity index (χ3v) is 4.01. The molecule has 2 aromatic heterocycles. The number of nitriles is 1. The number of nitrogens with two attached hydrogens (primary N) is 1. The zero-order valence-corrected chi connectivity index (χ0v) is 13.3. The lowest BCUT2D eigenvalue weighted by atomic mass is 10.1. The number of fused-ring (bicyclic) bond motifs is 1. The van der Waals surface area contributed by atoms with E-state index in [1.807, 2.05) is 53.1 Å². The van der Waals surface area contributed by atoms with Crippen LogP contribution in [0, 0.1) is 11.3 Å². The Hall–Kier alpha value is -3.72. The number of rotatable bonds is 3. The molecular weight excluding hydrogens is 312 g/mol. The summed E-state index contributed by atoms with van der Waals surface area (Å²) in [6, 6.07) is 17.4. The lowest BCUT2D eigenvalue weighted by Gasteiger charge is -2.10. The normalized spacial score (nSPS) is 10.7. The molecule has 0 saturated carbocycles. The third kappa shape index (κ3) is 2.48. The van der Waals surface area contributed by atoms with Gasteiger partial charge in [-0.15, -0.1) is 0 Å². The van der Waals surface area contributed by atoms with Crippen molar-refractivity contribution in [1.29, 1.82) is 5.26 Å². The van der Waals surface area contributed by atoms with Crippen LogP contribution in [0.5, 0.6) is 0 Å². The maximum Gasteiger partial charge on any atom is 0.163 e. The van der Waals surface area contributed by atoms with Crippen LogP contribution >= 0.6 is 0 Å². The molecular formula is C19H14N6. The van der Waals surface area contributed by atoms with Gasteiger partial charge in [-0.25, -0.2) is 9.97 Å². The van der Waals surface area contributed by atoms with Crippen LogP contribution in [0.2, 0.25) is 0 Å². The van der Waals surface area contributed by atoms with E-state index in [-0.39, 0.29) is 6.54 Å². The van der Waals surface area contributed by atoms with Gasteiger partial charge in [0.1, 0.15) is 17.9 Å². The van der Waals surface area contributed by atoms with Crippen molar-refractivity contribution in [3.63, 3.8) is 0 Å². The Morgan fingerprint density at radius 3 is 2.48 bits per heavy atom. The van der Waals surface area contributed by atoms with E-state index in [2.05, 4.69) is 21.0 Å². The number of hydrogen-bond donors (Lipinski definition) is 1. The van der Waals surface area contributed by atoms with Gasteiger partial charge in [-0.05, 0) is 18.2 Å². The number of benzene rings is 2. The number of nitrogens with zero attached hydrogens (tertiary/aromatic N) is 5. The van der Waals surface area contributed by atoms with Crippen molar-refractivity contribution in [3.8, 4) is 28.8 Å². The molecule has 0 radical (unpaired) electrons. The molecule has 0 aliphatic heterocycles. The van der Waals surface area contributed by atoms with Crippen molar-refractivity contribution in [2.24, 2.45) is 0 Å². The summed E-state index contributed by atoms with van der Waals surface area (Å²) in [6.07, 6.45) is 3.25. The van der Waals surface area contributed by atoms with Crippen LogP contribution in [0.15, 0.2) is 60.9 Å². The van der Waals surface area contributed by atoms with Crippen LogP contribution in [0.3, 0.4) is 0 Å². The van der Waals surface area contributed by atoms with Gasteiger partial charge < -0.3 is 10.3 Å². The lowest BCUT2D eigenvalue weighted by molar-refractivity contribution is 0.864. The van der Waals surface area contributed by atoms with Gasteiger partial charge in [0.25, 0.3) is 0 Å². The summed E-state index contributed by atoms with van der Waals surface area (Å²) in [7, 11) is 0. The molecule has 4 aromatic rings. The number of nitrogen functional groups attached to an aromatic ring is 1. The summed E-state index contributed by atoms with van der Waals surface area (Å²) >= 11 is 0. The molecule has 6 heteroatoms. The number of para-hydroxylation sites is 3. The van der Waals surface area contributed by atoms with Crippen molar-refractivity contribution in [2.45, 2.75) is 6.54 Å². The van der Waals surface area contributed by atoms with E-state index in [0.29, 0.717) is 22.9 Å². The second-order valence-corrected chi connectivity index (χ2v) is 5.51. The van der Waals surface area contributed by atoms with Crippen LogP contribution in [0.25, 0.3) is 33.8 Å². The predicted octanol–water partition coefficient (Wildman–Crippen LogP) is 3.27. The van der Waals surface area contributed by atoms with Crippen molar-refractivity contribution >= 4 is 16.7 Å². The summed E-state index contributed by atoms with van der Waals surface area (Å²) in [4.78, 5) is 13.7. The highest BCUT2D eigenvalue weighted by Crippen LogP contribution is 2.32. The van der Waals surface area contributed by atoms with Gasteiger partial charge in [0.05, 0.1) is 17.1 Å². The number of aromatic nitrogens is 4. The van der Waals surface area contributed by atoms with Crippen LogP contribution in [0.4, 0.5) is 5.69 Å². The summed E-state index contributed by atoms with van der Waals surface area (Å²) in [5.74, 6) is 0.606. The smallest absolute Gasteiger partial charge is 0.163 e. The summed E-state index contributed by atoms with van der Waals surface area (Å²) in [5.41, 5.74) is 10.5. The molecule has 120 valence electrons. The summed E-state index contributed by atoms with van der Waals surface area (Å²) < 4.78 is 1.85. The van der Waals surface area contributed by atoms with Gasteiger partial charge >= 0.3 is 0 Å². The zero-order valence-electron chi connectivity index (χ0n) is 13.3. The molecule has 0 unspecified atom stereocenters. The minimum Gasteiger partial charge on any atom is -0.398 e. The van der Waals surface area contributed by atoms with Gasteiger partial charge in [-0.1, -0.05) is 30.3 Å². The van der Waals surface area contributed by atoms with Crippen LogP contribution in [-0.2, 0) is 6.54 Å². The summed E-state index contributed by atoms with van der Waals surface area (Å²) in [6.45, 7) is 0.177. The molecule has 0 spiro atoms. The van der Waals surface area contributed by atoms with Gasteiger partial charge in [-0.2, -0.15) is 5.26 Å². The highest BCUT2D eigenvalue weighted by Gasteiger charge is 2.19. The molecule has 0 aliphatic carbocycles. The zero-order chi connectivity index (χ0) is 17.2. The third-order valence-electron chi connectivity index (χ3n) is 4.01. The van der Waals surface area contributed by atoms with Crippen LogP contribution < -0.4 is 5.73 Å². The molecule has 2 heterocycles. The Bertz CT molecular complexity index is 1110. The summed E-state index contributed by atoms with van der Waals surface area (Å²) in [5, 5.41) is 9.24. The topological polar surface area (TPSA) is 93.4 Å². The molecule has 2 N–H and O–H groups in total. The van der Waals surface area contributed by atoms with Gasteiger partial charge in [0.15, 0.2) is 5.82 Å². The van der Waals surface area contributed by atoms with Crippen molar-refractivity contribution in [1.82, 2.24) is 19.5 Å². The fourth-order valence-corrected chi connectivity index (χ4v) is 2.90. The fourth-order valence-electron chi connectivity index (χ4n) is 2.90. The van der Waals surface area contributed by atoms with E-state index in [0.717, 1.165) is 16.6 Å². The minimum atomic E-state index is 0.177. The molecule has 0 aliphatic rings. The van der Waals surface area contributed by atoms with E-state index < -0.39 is 0 Å². The van der Waals surface area contributed by atoms with Crippen LogP contribution in [-0.4, -0.2) is 19.5 Å². The van der Waals surface area contributed by atoms with E-state index in [1.165, 1.54) is 0 Å². The highest BCUT2D eigenvalue weighted by atomic mass is 15.1. The van der Waals surface area contributed by atoms with Crippen molar-refractivity contribution < 1.29 is 0 Å². The molecule has 0 fully saturated rings. The standard InChI is InChI=1S/C19H14N6/c20-9-12-25-16-8-4-3-7-15(16)24-19(25)18-17(22-10-11-23-18)13-5-1-2-6-14(13)21/h1-8,10-11H,12,21H2. The second-order valence-electron chi connectivity index (χ2n) is 5.51. The van der Waals surface area contributed by atoms with E-state index in [4.69, 9.17) is 5.73 Å². The monoisotopic (exact) mass is 326 g/mol. The first-order chi connectivity index (χ1) is 12.3.